The number of aromatic hydroxyl groups is 1. The monoisotopic (exact) mass is 351 g/mol. The van der Waals surface area contributed by atoms with Crippen molar-refractivity contribution in [2.45, 2.75) is 70.2 Å². The summed E-state index contributed by atoms with van der Waals surface area (Å²) in [6, 6.07) is 15.6. The molecule has 0 saturated heterocycles. The Morgan fingerprint density at radius 3 is 2.88 bits per heavy atom. The van der Waals surface area contributed by atoms with Crippen LogP contribution in [-0.4, -0.2) is 17.2 Å². The molecule has 1 aliphatic heterocycles. The standard InChI is InChI=1S/C23H29NO2/c1-2-18(11-13-23-21-8-4-3-6-17(21)15-26-23)24-19-10-12-20-16(14-19)7-5-9-22(20)25/h3-9,18-19,23-25H,2,10-15H2,1H3. The van der Waals surface area contributed by atoms with Crippen LogP contribution in [0.2, 0.25) is 0 Å². The minimum atomic E-state index is 0.256. The summed E-state index contributed by atoms with van der Waals surface area (Å²) < 4.78 is 6.01. The number of phenols is 1. The minimum Gasteiger partial charge on any atom is -0.508 e. The summed E-state index contributed by atoms with van der Waals surface area (Å²) >= 11 is 0. The molecule has 1 aliphatic carbocycles. The van der Waals surface area contributed by atoms with Gasteiger partial charge in [0, 0.05) is 12.1 Å². The molecule has 26 heavy (non-hydrogen) atoms. The lowest BCUT2D eigenvalue weighted by atomic mass is 9.87. The van der Waals surface area contributed by atoms with Crippen molar-refractivity contribution in [3.05, 3.63) is 64.7 Å². The molecule has 0 spiro atoms. The third-order valence-electron chi connectivity index (χ3n) is 6.04. The zero-order valence-electron chi connectivity index (χ0n) is 15.6. The predicted octanol–water partition coefficient (Wildman–Crippen LogP) is 4.67. The molecular weight excluding hydrogens is 322 g/mol. The van der Waals surface area contributed by atoms with Crippen LogP contribution in [0.15, 0.2) is 42.5 Å². The molecule has 0 fully saturated rings. The molecule has 2 aliphatic rings. The van der Waals surface area contributed by atoms with Gasteiger partial charge in [-0.05, 0) is 66.8 Å². The van der Waals surface area contributed by atoms with Gasteiger partial charge in [-0.1, -0.05) is 43.3 Å². The molecule has 3 unspecified atom stereocenters. The Bertz CT molecular complexity index is 758. The van der Waals surface area contributed by atoms with Gasteiger partial charge in [-0.25, -0.2) is 0 Å². The molecule has 2 aromatic rings. The SMILES string of the molecule is CCC(CCC1OCc2ccccc21)NC1CCc2c(O)cccc2C1. The van der Waals surface area contributed by atoms with Crippen LogP contribution in [-0.2, 0) is 24.2 Å². The van der Waals surface area contributed by atoms with E-state index >= 15 is 0 Å². The molecule has 138 valence electrons. The van der Waals surface area contributed by atoms with Crippen LogP contribution >= 0.6 is 0 Å². The van der Waals surface area contributed by atoms with Crippen LogP contribution in [0.5, 0.6) is 5.75 Å². The van der Waals surface area contributed by atoms with Gasteiger partial charge in [0.05, 0.1) is 12.7 Å². The number of hydrogen-bond acceptors (Lipinski definition) is 3. The Labute approximate surface area is 156 Å². The van der Waals surface area contributed by atoms with Crippen molar-refractivity contribution in [2.24, 2.45) is 0 Å². The third-order valence-corrected chi connectivity index (χ3v) is 6.04. The normalized spacial score (nSPS) is 22.7. The van der Waals surface area contributed by atoms with Gasteiger partial charge in [0.1, 0.15) is 5.75 Å². The van der Waals surface area contributed by atoms with E-state index in [9.17, 15) is 5.11 Å². The molecule has 4 rings (SSSR count). The minimum absolute atomic E-state index is 0.256. The van der Waals surface area contributed by atoms with Crippen molar-refractivity contribution in [3.8, 4) is 5.75 Å². The molecule has 3 nitrogen and oxygen atoms in total. The fraction of sp³-hybridized carbons (Fsp3) is 0.478. The summed E-state index contributed by atoms with van der Waals surface area (Å²) in [6.07, 6.45) is 6.69. The molecule has 0 saturated carbocycles. The molecule has 0 aromatic heterocycles. The van der Waals surface area contributed by atoms with Crippen molar-refractivity contribution >= 4 is 0 Å². The quantitative estimate of drug-likeness (QED) is 0.795. The Morgan fingerprint density at radius 1 is 1.15 bits per heavy atom. The van der Waals surface area contributed by atoms with Crippen molar-refractivity contribution in [1.29, 1.82) is 0 Å². The van der Waals surface area contributed by atoms with Gasteiger partial charge in [-0.3, -0.25) is 0 Å². The van der Waals surface area contributed by atoms with Gasteiger partial charge >= 0.3 is 0 Å². The van der Waals surface area contributed by atoms with Crippen LogP contribution in [0.3, 0.4) is 0 Å². The maximum Gasteiger partial charge on any atom is 0.119 e. The largest absolute Gasteiger partial charge is 0.508 e. The number of hydrogen-bond donors (Lipinski definition) is 2. The number of benzene rings is 2. The van der Waals surface area contributed by atoms with Gasteiger partial charge < -0.3 is 15.2 Å². The predicted molar refractivity (Wildman–Crippen MR) is 104 cm³/mol. The van der Waals surface area contributed by atoms with Gasteiger partial charge in [0.2, 0.25) is 0 Å². The first-order valence-corrected chi connectivity index (χ1v) is 9.99. The summed E-state index contributed by atoms with van der Waals surface area (Å²) in [6.45, 7) is 3.03. The molecule has 3 heteroatoms. The highest BCUT2D eigenvalue weighted by molar-refractivity contribution is 5.41. The molecule has 0 amide bonds. The zero-order chi connectivity index (χ0) is 17.9. The Hall–Kier alpha value is -1.84. The Morgan fingerprint density at radius 2 is 2.00 bits per heavy atom. The van der Waals surface area contributed by atoms with Gasteiger partial charge in [0.25, 0.3) is 0 Å². The summed E-state index contributed by atoms with van der Waals surface area (Å²) in [4.78, 5) is 0. The number of nitrogens with one attached hydrogen (secondary N) is 1. The fourth-order valence-corrected chi connectivity index (χ4v) is 4.52. The highest BCUT2D eigenvalue weighted by atomic mass is 16.5. The molecular formula is C23H29NO2. The highest BCUT2D eigenvalue weighted by Crippen LogP contribution is 2.34. The van der Waals surface area contributed by atoms with E-state index in [1.54, 1.807) is 6.07 Å². The maximum absolute atomic E-state index is 10.0. The number of ether oxygens (including phenoxy) is 1. The van der Waals surface area contributed by atoms with E-state index in [1.165, 1.54) is 16.7 Å². The number of rotatable bonds is 6. The van der Waals surface area contributed by atoms with Crippen LogP contribution in [0.4, 0.5) is 0 Å². The first kappa shape index (κ1) is 17.6. The third kappa shape index (κ3) is 3.65. The second-order valence-electron chi connectivity index (χ2n) is 7.70. The smallest absolute Gasteiger partial charge is 0.119 e. The zero-order valence-corrected chi connectivity index (χ0v) is 15.6. The summed E-state index contributed by atoms with van der Waals surface area (Å²) in [5, 5.41) is 13.9. The van der Waals surface area contributed by atoms with E-state index in [4.69, 9.17) is 4.74 Å². The molecule has 3 atom stereocenters. The van der Waals surface area contributed by atoms with Crippen molar-refractivity contribution < 1.29 is 9.84 Å². The Kier molecular flexibility index (Phi) is 5.28. The average Bonchev–Trinajstić information content (AvgIpc) is 3.08. The van der Waals surface area contributed by atoms with Crippen molar-refractivity contribution in [2.75, 3.05) is 0 Å². The van der Waals surface area contributed by atoms with Gasteiger partial charge in [-0.15, -0.1) is 0 Å². The first-order chi connectivity index (χ1) is 12.7. The lowest BCUT2D eigenvalue weighted by molar-refractivity contribution is 0.0560. The number of phenolic OH excluding ortho intramolecular Hbond substituents is 1. The average molecular weight is 351 g/mol. The van der Waals surface area contributed by atoms with Gasteiger partial charge in [0.15, 0.2) is 0 Å². The van der Waals surface area contributed by atoms with Crippen LogP contribution in [0.25, 0.3) is 0 Å². The molecule has 0 radical (unpaired) electrons. The number of fused-ring (bicyclic) bond motifs is 2. The van der Waals surface area contributed by atoms with E-state index in [0.717, 1.165) is 50.7 Å². The lowest BCUT2D eigenvalue weighted by Gasteiger charge is -2.30. The van der Waals surface area contributed by atoms with E-state index in [-0.39, 0.29) is 6.10 Å². The second kappa shape index (κ2) is 7.81. The lowest BCUT2D eigenvalue weighted by Crippen LogP contribution is -2.41. The van der Waals surface area contributed by atoms with Crippen LogP contribution in [0, 0.1) is 0 Å². The van der Waals surface area contributed by atoms with E-state index in [2.05, 4.69) is 42.6 Å². The van der Waals surface area contributed by atoms with E-state index in [1.807, 2.05) is 6.07 Å². The first-order valence-electron chi connectivity index (χ1n) is 9.99. The Balaban J connectivity index is 1.33. The summed E-state index contributed by atoms with van der Waals surface area (Å²) in [5.41, 5.74) is 5.18. The topological polar surface area (TPSA) is 41.5 Å². The second-order valence-corrected chi connectivity index (χ2v) is 7.70. The summed E-state index contributed by atoms with van der Waals surface area (Å²) in [7, 11) is 0. The molecule has 2 aromatic carbocycles. The molecule has 1 heterocycles. The summed E-state index contributed by atoms with van der Waals surface area (Å²) in [5.74, 6) is 0.463. The van der Waals surface area contributed by atoms with E-state index in [0.29, 0.717) is 17.8 Å². The van der Waals surface area contributed by atoms with Crippen LogP contribution < -0.4 is 5.32 Å². The highest BCUT2D eigenvalue weighted by Gasteiger charge is 2.25. The van der Waals surface area contributed by atoms with Gasteiger partial charge in [-0.2, -0.15) is 0 Å². The van der Waals surface area contributed by atoms with Crippen molar-refractivity contribution in [1.82, 2.24) is 5.32 Å². The van der Waals surface area contributed by atoms with Crippen molar-refractivity contribution in [3.63, 3.8) is 0 Å². The molecule has 2 N–H and O–H groups in total. The fourth-order valence-electron chi connectivity index (χ4n) is 4.52. The maximum atomic E-state index is 10.0. The van der Waals surface area contributed by atoms with E-state index < -0.39 is 0 Å². The molecule has 0 bridgehead atoms. The van der Waals surface area contributed by atoms with Crippen LogP contribution in [0.1, 0.15) is 61.0 Å².